The first-order chi connectivity index (χ1) is 11.5. The van der Waals surface area contributed by atoms with E-state index in [1.165, 1.54) is 12.1 Å². The van der Waals surface area contributed by atoms with Crippen molar-refractivity contribution in [3.63, 3.8) is 0 Å². The van der Waals surface area contributed by atoms with Crippen LogP contribution >= 0.6 is 12.2 Å². The van der Waals surface area contributed by atoms with E-state index in [-0.39, 0.29) is 12.3 Å². The van der Waals surface area contributed by atoms with Gasteiger partial charge in [0.2, 0.25) is 0 Å². The van der Waals surface area contributed by atoms with Crippen molar-refractivity contribution in [2.75, 3.05) is 6.61 Å². The predicted octanol–water partition coefficient (Wildman–Crippen LogP) is 2.84. The molecule has 0 amide bonds. The number of aliphatic hydroxyl groups excluding tert-OH is 1. The topological polar surface area (TPSA) is 94.3 Å². The molecule has 0 aliphatic carbocycles. The number of nitrogens with two attached hydrogens (primary N) is 1. The van der Waals surface area contributed by atoms with E-state index in [0.29, 0.717) is 17.0 Å². The number of nitro groups is 1. The minimum atomic E-state index is -0.428. The fraction of sp³-hybridized carbons (Fsp3) is 0.118. The van der Waals surface area contributed by atoms with Crippen molar-refractivity contribution in [2.24, 2.45) is 5.73 Å². The van der Waals surface area contributed by atoms with Crippen LogP contribution < -0.4 is 5.73 Å². The van der Waals surface area contributed by atoms with E-state index in [1.54, 1.807) is 6.07 Å². The van der Waals surface area contributed by atoms with Gasteiger partial charge in [-0.3, -0.25) is 10.1 Å². The second-order valence-electron chi connectivity index (χ2n) is 5.36. The Balaban J connectivity index is 2.23. The molecule has 6 nitrogen and oxygen atoms in total. The minimum Gasteiger partial charge on any atom is -0.395 e. The number of rotatable bonds is 5. The van der Waals surface area contributed by atoms with Gasteiger partial charge in [0.15, 0.2) is 0 Å². The molecule has 122 valence electrons. The number of hydrogen-bond donors (Lipinski definition) is 2. The number of thiocarbonyl (C=S) groups is 1. The molecule has 0 aliphatic rings. The highest BCUT2D eigenvalue weighted by atomic mass is 32.1. The fourth-order valence-corrected chi connectivity index (χ4v) is 2.88. The lowest BCUT2D eigenvalue weighted by molar-refractivity contribution is -0.384. The zero-order valence-electron chi connectivity index (χ0n) is 12.7. The van der Waals surface area contributed by atoms with Gasteiger partial charge in [0.25, 0.3) is 5.69 Å². The summed E-state index contributed by atoms with van der Waals surface area (Å²) in [6.07, 6.45) is 1.88. The van der Waals surface area contributed by atoms with Gasteiger partial charge in [0.05, 0.1) is 17.0 Å². The van der Waals surface area contributed by atoms with Crippen molar-refractivity contribution < 1.29 is 10.0 Å². The Hall–Kier alpha value is -2.77. The second kappa shape index (κ2) is 6.38. The fourth-order valence-electron chi connectivity index (χ4n) is 2.76. The molecule has 24 heavy (non-hydrogen) atoms. The molecule has 1 heterocycles. The van der Waals surface area contributed by atoms with Gasteiger partial charge in [0.1, 0.15) is 4.99 Å². The smallest absolute Gasteiger partial charge is 0.271 e. The van der Waals surface area contributed by atoms with E-state index >= 15 is 0 Å². The second-order valence-corrected chi connectivity index (χ2v) is 5.80. The number of nitrogens with zero attached hydrogens (tertiary/aromatic N) is 2. The highest BCUT2D eigenvalue weighted by Crippen LogP contribution is 2.33. The van der Waals surface area contributed by atoms with Crippen molar-refractivity contribution in [1.82, 2.24) is 4.57 Å². The van der Waals surface area contributed by atoms with Crippen molar-refractivity contribution in [3.8, 4) is 11.1 Å². The van der Waals surface area contributed by atoms with Crippen molar-refractivity contribution in [3.05, 3.63) is 64.3 Å². The summed E-state index contributed by atoms with van der Waals surface area (Å²) in [6, 6.07) is 12.2. The first-order valence-corrected chi connectivity index (χ1v) is 7.70. The number of fused-ring (bicyclic) bond motifs is 1. The molecular formula is C17H15N3O3S. The summed E-state index contributed by atoms with van der Waals surface area (Å²) >= 11 is 5.02. The van der Waals surface area contributed by atoms with Gasteiger partial charge in [-0.15, -0.1) is 0 Å². The van der Waals surface area contributed by atoms with Crippen LogP contribution in [0.4, 0.5) is 5.69 Å². The highest BCUT2D eigenvalue weighted by Gasteiger charge is 2.15. The van der Waals surface area contributed by atoms with Gasteiger partial charge in [0, 0.05) is 41.4 Å². The molecule has 0 radical (unpaired) electrons. The van der Waals surface area contributed by atoms with Gasteiger partial charge in [-0.05, 0) is 17.7 Å². The molecule has 0 saturated carbocycles. The molecule has 3 aromatic rings. The van der Waals surface area contributed by atoms with Crippen LogP contribution in [0.5, 0.6) is 0 Å². The Bertz CT molecular complexity index is 949. The van der Waals surface area contributed by atoms with Crippen LogP contribution in [0.2, 0.25) is 0 Å². The Morgan fingerprint density at radius 1 is 1.29 bits per heavy atom. The molecule has 0 bridgehead atoms. The molecule has 7 heteroatoms. The molecule has 0 saturated heterocycles. The zero-order valence-corrected chi connectivity index (χ0v) is 13.5. The molecule has 3 N–H and O–H groups in total. The number of nitro benzene ring substituents is 1. The van der Waals surface area contributed by atoms with Crippen LogP contribution in [-0.4, -0.2) is 26.2 Å². The van der Waals surface area contributed by atoms with E-state index in [0.717, 1.165) is 22.1 Å². The molecule has 0 atom stereocenters. The first-order valence-electron chi connectivity index (χ1n) is 7.29. The summed E-state index contributed by atoms with van der Waals surface area (Å²) in [5.41, 5.74) is 9.00. The molecular weight excluding hydrogens is 326 g/mol. The van der Waals surface area contributed by atoms with Gasteiger partial charge in [-0.2, -0.15) is 0 Å². The van der Waals surface area contributed by atoms with Gasteiger partial charge in [-0.1, -0.05) is 30.4 Å². The molecule has 1 aromatic heterocycles. The van der Waals surface area contributed by atoms with Gasteiger partial charge < -0.3 is 15.4 Å². The zero-order chi connectivity index (χ0) is 17.3. The summed E-state index contributed by atoms with van der Waals surface area (Å²) in [7, 11) is 0. The lowest BCUT2D eigenvalue weighted by Crippen LogP contribution is -2.08. The average Bonchev–Trinajstić information content (AvgIpc) is 2.93. The monoisotopic (exact) mass is 341 g/mol. The SMILES string of the molecule is NC(=S)c1cccc(-c2cn(CCO)c3cc([N+](=O)[O-])ccc23)c1. The van der Waals surface area contributed by atoms with Crippen LogP contribution in [0.1, 0.15) is 5.56 Å². The minimum absolute atomic E-state index is 0.0169. The number of benzene rings is 2. The molecule has 0 aliphatic heterocycles. The quantitative estimate of drug-likeness (QED) is 0.423. The van der Waals surface area contributed by atoms with E-state index in [4.69, 9.17) is 18.0 Å². The number of aromatic nitrogens is 1. The molecule has 2 aromatic carbocycles. The Kier molecular flexibility index (Phi) is 4.28. The van der Waals surface area contributed by atoms with E-state index in [9.17, 15) is 15.2 Å². The molecule has 0 spiro atoms. The standard InChI is InChI=1S/C17H15N3O3S/c18-17(24)12-3-1-2-11(8-12)15-10-19(6-7-21)16-9-13(20(22)23)4-5-14(15)16/h1-5,8-10,21H,6-7H2,(H2,18,24). The first kappa shape index (κ1) is 16.1. The maximum atomic E-state index is 11.0. The number of non-ortho nitro benzene ring substituents is 1. The summed E-state index contributed by atoms with van der Waals surface area (Å²) in [6.45, 7) is 0.297. The maximum Gasteiger partial charge on any atom is 0.271 e. The highest BCUT2D eigenvalue weighted by molar-refractivity contribution is 7.80. The number of hydrogen-bond acceptors (Lipinski definition) is 4. The predicted molar refractivity (Wildman–Crippen MR) is 97.0 cm³/mol. The summed E-state index contributed by atoms with van der Waals surface area (Å²) < 4.78 is 1.81. The third kappa shape index (κ3) is 2.86. The summed E-state index contributed by atoms with van der Waals surface area (Å²) in [5.74, 6) is 0. The average molecular weight is 341 g/mol. The van der Waals surface area contributed by atoms with Crippen LogP contribution in [0, 0.1) is 10.1 Å². The largest absolute Gasteiger partial charge is 0.395 e. The van der Waals surface area contributed by atoms with E-state index in [1.807, 2.05) is 35.0 Å². The van der Waals surface area contributed by atoms with Crippen LogP contribution in [0.3, 0.4) is 0 Å². The maximum absolute atomic E-state index is 11.0. The summed E-state index contributed by atoms with van der Waals surface area (Å²) in [4.78, 5) is 10.9. The van der Waals surface area contributed by atoms with Crippen molar-refractivity contribution in [1.29, 1.82) is 0 Å². The van der Waals surface area contributed by atoms with E-state index in [2.05, 4.69) is 0 Å². The molecule has 0 unspecified atom stereocenters. The van der Waals surface area contributed by atoms with Crippen LogP contribution in [0.25, 0.3) is 22.0 Å². The van der Waals surface area contributed by atoms with Crippen LogP contribution in [-0.2, 0) is 6.54 Å². The van der Waals surface area contributed by atoms with Crippen LogP contribution in [0.15, 0.2) is 48.7 Å². The summed E-state index contributed by atoms with van der Waals surface area (Å²) in [5, 5.41) is 21.2. The third-order valence-corrected chi connectivity index (χ3v) is 4.11. The Morgan fingerprint density at radius 2 is 2.08 bits per heavy atom. The van der Waals surface area contributed by atoms with E-state index < -0.39 is 4.92 Å². The van der Waals surface area contributed by atoms with Crippen molar-refractivity contribution in [2.45, 2.75) is 6.54 Å². The Morgan fingerprint density at radius 3 is 2.75 bits per heavy atom. The normalized spacial score (nSPS) is 10.9. The van der Waals surface area contributed by atoms with Gasteiger partial charge >= 0.3 is 0 Å². The molecule has 0 fully saturated rings. The number of aliphatic hydroxyl groups is 1. The third-order valence-electron chi connectivity index (χ3n) is 3.88. The van der Waals surface area contributed by atoms with Crippen molar-refractivity contribution >= 4 is 33.8 Å². The lowest BCUT2D eigenvalue weighted by atomic mass is 10.0. The Labute approximate surface area is 143 Å². The lowest BCUT2D eigenvalue weighted by Gasteiger charge is -2.03. The van der Waals surface area contributed by atoms with Gasteiger partial charge in [-0.25, -0.2) is 0 Å². The molecule has 3 rings (SSSR count).